The van der Waals surface area contributed by atoms with Crippen LogP contribution in [0.3, 0.4) is 0 Å². The largest absolute Gasteiger partial charge is 0.493 e. The highest BCUT2D eigenvalue weighted by atomic mass is 16.5. The second-order valence-electron chi connectivity index (χ2n) is 9.94. The fourth-order valence-electron chi connectivity index (χ4n) is 3.25. The van der Waals surface area contributed by atoms with Crippen molar-refractivity contribution < 1.29 is 9.53 Å². The summed E-state index contributed by atoms with van der Waals surface area (Å²) < 4.78 is 6.20. The minimum absolute atomic E-state index is 0.0497. The van der Waals surface area contributed by atoms with E-state index in [0.29, 0.717) is 13.2 Å². The zero-order chi connectivity index (χ0) is 22.9. The van der Waals surface area contributed by atoms with Crippen molar-refractivity contribution in [1.29, 1.82) is 0 Å². The average Bonchev–Trinajstić information content (AvgIpc) is 2.74. The predicted molar refractivity (Wildman–Crippen MR) is 128 cm³/mol. The lowest BCUT2D eigenvalue weighted by molar-refractivity contribution is -0.123. The summed E-state index contributed by atoms with van der Waals surface area (Å²) in [5, 5.41) is 2.95. The molecule has 0 saturated heterocycles. The maximum atomic E-state index is 12.1. The minimum atomic E-state index is -0.420. The van der Waals surface area contributed by atoms with Gasteiger partial charge in [0.25, 0.3) is 0 Å². The Morgan fingerprint density at radius 1 is 1.07 bits per heavy atom. The van der Waals surface area contributed by atoms with Crippen molar-refractivity contribution in [2.75, 3.05) is 13.2 Å². The summed E-state index contributed by atoms with van der Waals surface area (Å²) in [5.41, 5.74) is 8.86. The number of ether oxygens (including phenoxy) is 1. The van der Waals surface area contributed by atoms with Crippen molar-refractivity contribution in [3.05, 3.63) is 29.3 Å². The van der Waals surface area contributed by atoms with E-state index < -0.39 is 6.04 Å². The number of nitrogens with one attached hydrogen (secondary N) is 1. The van der Waals surface area contributed by atoms with E-state index in [0.717, 1.165) is 37.9 Å². The molecule has 2 atom stereocenters. The van der Waals surface area contributed by atoms with Crippen LogP contribution in [0.2, 0.25) is 0 Å². The molecule has 1 rings (SSSR count). The van der Waals surface area contributed by atoms with Gasteiger partial charge >= 0.3 is 0 Å². The molecule has 0 aliphatic carbocycles. The summed E-state index contributed by atoms with van der Waals surface area (Å²) in [4.78, 5) is 12.1. The van der Waals surface area contributed by atoms with Crippen LogP contribution in [-0.4, -0.2) is 25.1 Å². The van der Waals surface area contributed by atoms with Gasteiger partial charge in [0.1, 0.15) is 5.75 Å². The van der Waals surface area contributed by atoms with Gasteiger partial charge in [0.2, 0.25) is 5.91 Å². The zero-order valence-electron chi connectivity index (χ0n) is 20.7. The Hall–Kier alpha value is -1.55. The van der Waals surface area contributed by atoms with Gasteiger partial charge in [-0.05, 0) is 54.1 Å². The number of hydrogen-bond donors (Lipinski definition) is 2. The van der Waals surface area contributed by atoms with Crippen molar-refractivity contribution in [2.45, 2.75) is 104 Å². The van der Waals surface area contributed by atoms with E-state index in [2.05, 4.69) is 72.0 Å². The molecule has 2 unspecified atom stereocenters. The fourth-order valence-corrected chi connectivity index (χ4v) is 3.25. The molecule has 1 aromatic carbocycles. The highest BCUT2D eigenvalue weighted by Crippen LogP contribution is 2.38. The van der Waals surface area contributed by atoms with Gasteiger partial charge in [-0.2, -0.15) is 0 Å². The molecule has 0 aromatic heterocycles. The van der Waals surface area contributed by atoms with Gasteiger partial charge in [-0.25, -0.2) is 0 Å². The van der Waals surface area contributed by atoms with Crippen LogP contribution in [0.25, 0.3) is 0 Å². The normalized spacial score (nSPS) is 14.3. The number of benzene rings is 1. The third-order valence-electron chi connectivity index (χ3n) is 6.95. The molecule has 0 aliphatic rings. The fraction of sp³-hybridized carbons (Fsp3) is 0.731. The first-order valence-corrected chi connectivity index (χ1v) is 11.8. The number of nitrogens with two attached hydrogens (primary N) is 1. The number of carbonyl (C=O) groups excluding carboxylic acids is 1. The van der Waals surface area contributed by atoms with E-state index in [9.17, 15) is 4.79 Å². The van der Waals surface area contributed by atoms with Crippen LogP contribution in [0, 0.1) is 5.92 Å². The summed E-state index contributed by atoms with van der Waals surface area (Å²) >= 11 is 0. The molecule has 1 amide bonds. The standard InChI is InChI=1S/C26H46N2O2/c1-9-19(4)23(27)24(29)28-16-12-13-17-30-22-15-14-20(25(5,6)10-2)18-21(22)26(7,8)11-3/h14-15,18-19,23H,9-13,16-17,27H2,1-8H3,(H,28,29). The monoisotopic (exact) mass is 418 g/mol. The number of unbranched alkanes of at least 4 members (excludes halogenated alkanes) is 1. The first-order chi connectivity index (χ1) is 14.0. The Morgan fingerprint density at radius 3 is 2.27 bits per heavy atom. The van der Waals surface area contributed by atoms with Crippen LogP contribution < -0.4 is 15.8 Å². The molecule has 0 aliphatic heterocycles. The third-order valence-corrected chi connectivity index (χ3v) is 6.95. The Balaban J connectivity index is 2.66. The second-order valence-corrected chi connectivity index (χ2v) is 9.94. The molecule has 0 saturated carbocycles. The lowest BCUT2D eigenvalue weighted by Gasteiger charge is -2.30. The van der Waals surface area contributed by atoms with E-state index in [4.69, 9.17) is 10.5 Å². The van der Waals surface area contributed by atoms with Crippen LogP contribution in [0.1, 0.15) is 98.6 Å². The van der Waals surface area contributed by atoms with Crippen molar-refractivity contribution in [2.24, 2.45) is 11.7 Å². The summed E-state index contributed by atoms with van der Waals surface area (Å²) in [6.07, 6.45) is 4.85. The molecule has 0 radical (unpaired) electrons. The first-order valence-electron chi connectivity index (χ1n) is 11.8. The summed E-state index contributed by atoms with van der Waals surface area (Å²) in [5.74, 6) is 1.14. The molecule has 172 valence electrons. The molecular formula is C26H46N2O2. The molecule has 1 aromatic rings. The Labute approximate surface area is 185 Å². The maximum absolute atomic E-state index is 12.1. The van der Waals surface area contributed by atoms with Gasteiger partial charge < -0.3 is 15.8 Å². The zero-order valence-corrected chi connectivity index (χ0v) is 20.7. The van der Waals surface area contributed by atoms with Gasteiger partial charge in [-0.15, -0.1) is 0 Å². The topological polar surface area (TPSA) is 64.4 Å². The molecule has 30 heavy (non-hydrogen) atoms. The smallest absolute Gasteiger partial charge is 0.237 e. The SMILES string of the molecule is CCC(C)C(N)C(=O)NCCCCOc1ccc(C(C)(C)CC)cc1C(C)(C)CC. The Morgan fingerprint density at radius 2 is 1.70 bits per heavy atom. The first kappa shape index (κ1) is 26.5. The van der Waals surface area contributed by atoms with E-state index in [1.807, 2.05) is 6.92 Å². The number of amides is 1. The van der Waals surface area contributed by atoms with Crippen LogP contribution >= 0.6 is 0 Å². The third kappa shape index (κ3) is 7.30. The van der Waals surface area contributed by atoms with Gasteiger partial charge in [-0.1, -0.05) is 73.9 Å². The van der Waals surface area contributed by atoms with Crippen molar-refractivity contribution >= 4 is 5.91 Å². The average molecular weight is 419 g/mol. The number of rotatable bonds is 13. The molecule has 0 fully saturated rings. The van der Waals surface area contributed by atoms with Crippen LogP contribution in [0.15, 0.2) is 18.2 Å². The van der Waals surface area contributed by atoms with Crippen LogP contribution in [-0.2, 0) is 15.6 Å². The molecule has 0 bridgehead atoms. The van der Waals surface area contributed by atoms with E-state index in [-0.39, 0.29) is 22.7 Å². The maximum Gasteiger partial charge on any atom is 0.237 e. The molecular weight excluding hydrogens is 372 g/mol. The van der Waals surface area contributed by atoms with Gasteiger partial charge in [0.15, 0.2) is 0 Å². The molecule has 4 heteroatoms. The molecule has 0 heterocycles. The molecule has 3 N–H and O–H groups in total. The highest BCUT2D eigenvalue weighted by molar-refractivity contribution is 5.81. The molecule has 4 nitrogen and oxygen atoms in total. The summed E-state index contributed by atoms with van der Waals surface area (Å²) in [6.45, 7) is 19.0. The highest BCUT2D eigenvalue weighted by Gasteiger charge is 2.26. The predicted octanol–water partition coefficient (Wildman–Crippen LogP) is 5.71. The van der Waals surface area contributed by atoms with Crippen LogP contribution in [0.4, 0.5) is 0 Å². The van der Waals surface area contributed by atoms with Crippen molar-refractivity contribution in [1.82, 2.24) is 5.32 Å². The Bertz CT molecular complexity index is 667. The van der Waals surface area contributed by atoms with Gasteiger partial charge in [0.05, 0.1) is 12.6 Å². The lowest BCUT2D eigenvalue weighted by Crippen LogP contribution is -2.44. The quantitative estimate of drug-likeness (QED) is 0.403. The van der Waals surface area contributed by atoms with E-state index in [1.54, 1.807) is 0 Å². The van der Waals surface area contributed by atoms with Crippen LogP contribution in [0.5, 0.6) is 5.75 Å². The Kier molecular flexibility index (Phi) is 10.4. The lowest BCUT2D eigenvalue weighted by atomic mass is 9.76. The summed E-state index contributed by atoms with van der Waals surface area (Å²) in [7, 11) is 0. The second kappa shape index (κ2) is 11.7. The van der Waals surface area contributed by atoms with Crippen molar-refractivity contribution in [3.8, 4) is 5.75 Å². The van der Waals surface area contributed by atoms with Gasteiger partial charge in [-0.3, -0.25) is 4.79 Å². The van der Waals surface area contributed by atoms with Crippen molar-refractivity contribution in [3.63, 3.8) is 0 Å². The number of carbonyl (C=O) groups is 1. The number of hydrogen-bond acceptors (Lipinski definition) is 3. The molecule has 0 spiro atoms. The van der Waals surface area contributed by atoms with Gasteiger partial charge in [0, 0.05) is 12.1 Å². The van der Waals surface area contributed by atoms with E-state index in [1.165, 1.54) is 11.1 Å². The summed E-state index contributed by atoms with van der Waals surface area (Å²) in [6, 6.07) is 6.28. The minimum Gasteiger partial charge on any atom is -0.493 e. The van der Waals surface area contributed by atoms with E-state index >= 15 is 0 Å².